The fourth-order valence-electron chi connectivity index (χ4n) is 11.8. The van der Waals surface area contributed by atoms with Gasteiger partial charge in [-0.3, -0.25) is 0 Å². The summed E-state index contributed by atoms with van der Waals surface area (Å²) in [5.41, 5.74) is 17.6. The lowest BCUT2D eigenvalue weighted by molar-refractivity contribution is 1.18. The molecule has 0 aliphatic carbocycles. The van der Waals surface area contributed by atoms with Crippen LogP contribution < -0.4 is 0 Å². The highest BCUT2D eigenvalue weighted by Crippen LogP contribution is 2.42. The van der Waals surface area contributed by atoms with E-state index in [4.69, 9.17) is 4.98 Å². The van der Waals surface area contributed by atoms with E-state index < -0.39 is 0 Å². The molecule has 0 saturated carbocycles. The second-order valence-corrected chi connectivity index (χ2v) is 19.5. The molecular weight excluding hydrogens is 895 g/mol. The standard InChI is InChI=1S/C71H45N3/c1-4-18-46(19-5-1)49-33-36-63-62-29-15-17-31-69(62)74(70(63)44-49)55-39-51(48-32-35-60-58-26-11-10-24-56(58)57-25-12-13-27-59(57)65(60)41-48)38-53(40-55)67-43-52(47-20-6-2-7-21-47)42-66(72-67)50-34-37-64-61-28-14-16-30-68(61)73(71(64)45-50)54-22-8-3-9-23-54/h1-45H. The van der Waals surface area contributed by atoms with Gasteiger partial charge < -0.3 is 9.13 Å². The number of pyridine rings is 1. The average molecular weight is 940 g/mol. The molecule has 0 fully saturated rings. The van der Waals surface area contributed by atoms with E-state index in [1.807, 2.05) is 0 Å². The molecule has 74 heavy (non-hydrogen) atoms. The molecule has 3 heterocycles. The maximum absolute atomic E-state index is 5.70. The number of nitrogens with zero attached hydrogens (tertiary/aromatic N) is 3. The zero-order chi connectivity index (χ0) is 48.7. The van der Waals surface area contributed by atoms with Crippen LogP contribution in [0.5, 0.6) is 0 Å². The Balaban J connectivity index is 1.00. The predicted molar refractivity (Wildman–Crippen MR) is 313 cm³/mol. The van der Waals surface area contributed by atoms with Gasteiger partial charge in [0.2, 0.25) is 0 Å². The minimum Gasteiger partial charge on any atom is -0.309 e. The summed E-state index contributed by atoms with van der Waals surface area (Å²) in [4.78, 5) is 5.70. The van der Waals surface area contributed by atoms with Crippen LogP contribution in [0.15, 0.2) is 273 Å². The maximum Gasteiger partial charge on any atom is 0.0716 e. The minimum atomic E-state index is 0.899. The Morgan fingerprint density at radius 3 is 1.16 bits per heavy atom. The van der Waals surface area contributed by atoms with Crippen molar-refractivity contribution in [2.24, 2.45) is 0 Å². The van der Waals surface area contributed by atoms with Crippen LogP contribution in [0.2, 0.25) is 0 Å². The molecule has 15 aromatic rings. The molecule has 0 N–H and O–H groups in total. The Labute approximate surface area is 428 Å². The van der Waals surface area contributed by atoms with Crippen LogP contribution in [-0.2, 0) is 0 Å². The molecule has 0 atom stereocenters. The second kappa shape index (κ2) is 16.9. The first-order chi connectivity index (χ1) is 36.7. The Morgan fingerprint density at radius 1 is 0.189 bits per heavy atom. The van der Waals surface area contributed by atoms with E-state index in [9.17, 15) is 0 Å². The first-order valence-electron chi connectivity index (χ1n) is 25.4. The third-order valence-electron chi connectivity index (χ3n) is 15.2. The predicted octanol–water partition coefficient (Wildman–Crippen LogP) is 19.1. The van der Waals surface area contributed by atoms with Gasteiger partial charge in [-0.1, -0.05) is 200 Å². The van der Waals surface area contributed by atoms with E-state index in [-0.39, 0.29) is 0 Å². The van der Waals surface area contributed by atoms with Gasteiger partial charge in [0.25, 0.3) is 0 Å². The van der Waals surface area contributed by atoms with Crippen LogP contribution in [0.1, 0.15) is 0 Å². The summed E-state index contributed by atoms with van der Waals surface area (Å²) in [7, 11) is 0. The van der Waals surface area contributed by atoms with Crippen LogP contribution in [0.4, 0.5) is 0 Å². The molecule has 3 nitrogen and oxygen atoms in total. The number of benzene rings is 12. The molecule has 0 amide bonds. The van der Waals surface area contributed by atoms with E-state index in [2.05, 4.69) is 282 Å². The van der Waals surface area contributed by atoms with E-state index in [1.165, 1.54) is 70.5 Å². The van der Waals surface area contributed by atoms with Gasteiger partial charge in [-0.2, -0.15) is 0 Å². The van der Waals surface area contributed by atoms with Crippen LogP contribution >= 0.6 is 0 Å². The molecule has 3 heteroatoms. The van der Waals surface area contributed by atoms with Crippen molar-refractivity contribution in [2.75, 3.05) is 0 Å². The summed E-state index contributed by atoms with van der Waals surface area (Å²) in [5.74, 6) is 0. The molecule has 3 aromatic heterocycles. The molecule has 12 aromatic carbocycles. The fourth-order valence-corrected chi connectivity index (χ4v) is 11.8. The molecule has 0 aliphatic heterocycles. The van der Waals surface area contributed by atoms with Gasteiger partial charge in [0.05, 0.1) is 33.5 Å². The summed E-state index contributed by atoms with van der Waals surface area (Å²) in [6.07, 6.45) is 0. The molecule has 0 aliphatic rings. The van der Waals surface area contributed by atoms with Crippen molar-refractivity contribution < 1.29 is 0 Å². The van der Waals surface area contributed by atoms with Crippen molar-refractivity contribution >= 4 is 75.9 Å². The van der Waals surface area contributed by atoms with E-state index in [1.54, 1.807) is 0 Å². The monoisotopic (exact) mass is 939 g/mol. The molecule has 0 saturated heterocycles. The first-order valence-corrected chi connectivity index (χ1v) is 25.4. The van der Waals surface area contributed by atoms with Crippen LogP contribution in [0, 0.1) is 0 Å². The molecule has 0 spiro atoms. The van der Waals surface area contributed by atoms with Crippen LogP contribution in [0.25, 0.3) is 143 Å². The summed E-state index contributed by atoms with van der Waals surface area (Å²) in [6, 6.07) is 99.8. The highest BCUT2D eigenvalue weighted by atomic mass is 15.0. The van der Waals surface area contributed by atoms with Crippen molar-refractivity contribution in [1.29, 1.82) is 0 Å². The van der Waals surface area contributed by atoms with Gasteiger partial charge in [0.1, 0.15) is 0 Å². The van der Waals surface area contributed by atoms with Gasteiger partial charge in [-0.15, -0.1) is 0 Å². The Hall–Kier alpha value is -9.83. The second-order valence-electron chi connectivity index (χ2n) is 19.5. The zero-order valence-corrected chi connectivity index (χ0v) is 40.3. The summed E-state index contributed by atoms with van der Waals surface area (Å²) in [6.45, 7) is 0. The fraction of sp³-hybridized carbons (Fsp3) is 0. The molecule has 0 bridgehead atoms. The van der Waals surface area contributed by atoms with E-state index >= 15 is 0 Å². The Morgan fingerprint density at radius 2 is 0.568 bits per heavy atom. The lowest BCUT2D eigenvalue weighted by atomic mass is 9.91. The van der Waals surface area contributed by atoms with Gasteiger partial charge in [0.15, 0.2) is 0 Å². The van der Waals surface area contributed by atoms with Crippen molar-refractivity contribution in [2.45, 2.75) is 0 Å². The summed E-state index contributed by atoms with van der Waals surface area (Å²) in [5, 5.41) is 12.4. The van der Waals surface area contributed by atoms with Gasteiger partial charge in [-0.25, -0.2) is 4.98 Å². The lowest BCUT2D eigenvalue weighted by Gasteiger charge is -2.17. The number of rotatable bonds is 7. The Kier molecular flexibility index (Phi) is 9.57. The van der Waals surface area contributed by atoms with Crippen molar-refractivity contribution in [3.05, 3.63) is 273 Å². The third kappa shape index (κ3) is 6.78. The summed E-state index contributed by atoms with van der Waals surface area (Å²) < 4.78 is 4.85. The minimum absolute atomic E-state index is 0.899. The maximum atomic E-state index is 5.70. The average Bonchev–Trinajstić information content (AvgIpc) is 4.02. The molecule has 344 valence electrons. The third-order valence-corrected chi connectivity index (χ3v) is 15.2. The topological polar surface area (TPSA) is 22.8 Å². The van der Waals surface area contributed by atoms with Crippen molar-refractivity contribution in [3.8, 4) is 67.3 Å². The van der Waals surface area contributed by atoms with Crippen molar-refractivity contribution in [3.63, 3.8) is 0 Å². The smallest absolute Gasteiger partial charge is 0.0716 e. The zero-order valence-electron chi connectivity index (χ0n) is 40.3. The number of aromatic nitrogens is 3. The largest absolute Gasteiger partial charge is 0.309 e. The van der Waals surface area contributed by atoms with Gasteiger partial charge in [0, 0.05) is 44.0 Å². The van der Waals surface area contributed by atoms with E-state index in [0.717, 1.165) is 72.7 Å². The number of hydrogen-bond donors (Lipinski definition) is 0. The summed E-state index contributed by atoms with van der Waals surface area (Å²) >= 11 is 0. The normalized spacial score (nSPS) is 11.8. The van der Waals surface area contributed by atoms with Crippen molar-refractivity contribution in [1.82, 2.24) is 14.1 Å². The molecule has 0 radical (unpaired) electrons. The highest BCUT2D eigenvalue weighted by Gasteiger charge is 2.20. The molecular formula is C71H45N3. The first kappa shape index (κ1) is 41.9. The van der Waals surface area contributed by atoms with Crippen LogP contribution in [-0.4, -0.2) is 14.1 Å². The van der Waals surface area contributed by atoms with Gasteiger partial charge in [-0.05, 0) is 138 Å². The lowest BCUT2D eigenvalue weighted by Crippen LogP contribution is -1.98. The van der Waals surface area contributed by atoms with Gasteiger partial charge >= 0.3 is 0 Å². The van der Waals surface area contributed by atoms with E-state index in [0.29, 0.717) is 0 Å². The highest BCUT2D eigenvalue weighted by molar-refractivity contribution is 6.26. The molecule has 15 rings (SSSR count). The number of fused-ring (bicyclic) bond motifs is 12. The molecule has 0 unspecified atom stereocenters. The Bertz CT molecular complexity index is 4660. The SMILES string of the molecule is c1ccc(-c2cc(-c3cc(-c4ccc5c6ccccc6c6ccccc6c5c4)cc(-n4c5ccccc5c5ccc(-c6ccccc6)cc54)c3)nc(-c3ccc4c5ccccc5n(-c5ccccc5)c4c3)c2)cc1. The quantitative estimate of drug-likeness (QED) is 0.146. The van der Waals surface area contributed by atoms with Crippen LogP contribution in [0.3, 0.4) is 0 Å². The number of hydrogen-bond acceptors (Lipinski definition) is 1. The number of para-hydroxylation sites is 3.